The van der Waals surface area contributed by atoms with E-state index in [0.29, 0.717) is 16.8 Å². The molecule has 8 heteroatoms. The number of benzene rings is 2. The molecule has 4 nitrogen and oxygen atoms in total. The van der Waals surface area contributed by atoms with E-state index in [1.807, 2.05) is 0 Å². The third-order valence-corrected chi connectivity index (χ3v) is 5.26. The number of likely N-dealkylation sites (N-methyl/N-ethyl adjacent to an activating group) is 1. The minimum absolute atomic E-state index is 0.156. The number of hydrogen-bond acceptors (Lipinski definition) is 4. The number of rotatable bonds is 2. The molecule has 1 aliphatic heterocycles. The standard InChI is InChI=1S/C21H18F4N4/c1-12-18(13-4-6-15(7-5-13)21(23,24)25)20(2,28-19(27)29(12)3)16-8-9-17(22)14(10-16)11-26/h4-10,18H,1H2,2-3H3,(H2,27,28)/t18-,20+/m0/s1. The number of nitrogens with two attached hydrogens (primary N) is 1. The number of nitriles is 1. The maximum atomic E-state index is 13.8. The van der Waals surface area contributed by atoms with Gasteiger partial charge in [0.1, 0.15) is 11.9 Å². The number of nitrogens with zero attached hydrogens (tertiary/aromatic N) is 3. The summed E-state index contributed by atoms with van der Waals surface area (Å²) in [5, 5.41) is 9.18. The molecule has 3 rings (SSSR count). The fourth-order valence-corrected chi connectivity index (χ4v) is 3.58. The van der Waals surface area contributed by atoms with Crippen LogP contribution in [0.3, 0.4) is 0 Å². The highest BCUT2D eigenvalue weighted by atomic mass is 19.4. The van der Waals surface area contributed by atoms with Gasteiger partial charge in [-0.3, -0.25) is 0 Å². The summed E-state index contributed by atoms with van der Waals surface area (Å²) >= 11 is 0. The smallest absolute Gasteiger partial charge is 0.370 e. The summed E-state index contributed by atoms with van der Waals surface area (Å²) in [6, 6.07) is 10.6. The van der Waals surface area contributed by atoms with Crippen molar-refractivity contribution in [3.05, 3.63) is 82.8 Å². The van der Waals surface area contributed by atoms with Crippen LogP contribution in [-0.4, -0.2) is 17.9 Å². The number of alkyl halides is 3. The summed E-state index contributed by atoms with van der Waals surface area (Å²) in [7, 11) is 1.66. The van der Waals surface area contributed by atoms with Gasteiger partial charge < -0.3 is 10.6 Å². The molecule has 0 saturated heterocycles. The zero-order valence-electron chi connectivity index (χ0n) is 15.8. The van der Waals surface area contributed by atoms with E-state index in [1.165, 1.54) is 24.3 Å². The van der Waals surface area contributed by atoms with Gasteiger partial charge in [0.15, 0.2) is 5.96 Å². The van der Waals surface area contributed by atoms with Gasteiger partial charge >= 0.3 is 6.18 Å². The van der Waals surface area contributed by atoms with Gasteiger partial charge in [-0.15, -0.1) is 0 Å². The van der Waals surface area contributed by atoms with Crippen molar-refractivity contribution >= 4 is 5.96 Å². The number of hydrogen-bond donors (Lipinski definition) is 1. The number of halogens is 4. The van der Waals surface area contributed by atoms with Gasteiger partial charge in [0.05, 0.1) is 22.6 Å². The Kier molecular flexibility index (Phi) is 4.87. The van der Waals surface area contributed by atoms with Crippen LogP contribution in [0, 0.1) is 17.1 Å². The molecule has 0 amide bonds. The van der Waals surface area contributed by atoms with Crippen LogP contribution < -0.4 is 5.73 Å². The highest BCUT2D eigenvalue weighted by Gasteiger charge is 2.44. The van der Waals surface area contributed by atoms with Crippen LogP contribution in [0.15, 0.2) is 59.7 Å². The molecular formula is C21H18F4N4. The number of guanidine groups is 1. The Morgan fingerprint density at radius 1 is 1.21 bits per heavy atom. The predicted octanol–water partition coefficient (Wildman–Crippen LogP) is 4.49. The summed E-state index contributed by atoms with van der Waals surface area (Å²) in [4.78, 5) is 6.11. The normalized spacial score (nSPS) is 22.2. The van der Waals surface area contributed by atoms with Crippen LogP contribution in [-0.2, 0) is 11.7 Å². The van der Waals surface area contributed by atoms with Crippen molar-refractivity contribution in [1.82, 2.24) is 4.90 Å². The maximum Gasteiger partial charge on any atom is 0.416 e. The van der Waals surface area contributed by atoms with Crippen LogP contribution in [0.2, 0.25) is 0 Å². The van der Waals surface area contributed by atoms with Crippen molar-refractivity contribution in [2.24, 2.45) is 10.7 Å². The minimum atomic E-state index is -4.45. The van der Waals surface area contributed by atoms with Crippen molar-refractivity contribution < 1.29 is 17.6 Å². The monoisotopic (exact) mass is 402 g/mol. The van der Waals surface area contributed by atoms with E-state index in [-0.39, 0.29) is 11.5 Å². The first-order valence-corrected chi connectivity index (χ1v) is 8.64. The quantitative estimate of drug-likeness (QED) is 0.753. The van der Waals surface area contributed by atoms with Gasteiger partial charge in [-0.1, -0.05) is 24.8 Å². The van der Waals surface area contributed by atoms with Crippen molar-refractivity contribution in [2.45, 2.75) is 24.6 Å². The molecule has 0 aromatic heterocycles. The van der Waals surface area contributed by atoms with Gasteiger partial charge in [-0.2, -0.15) is 18.4 Å². The molecule has 0 spiro atoms. The van der Waals surface area contributed by atoms with E-state index in [1.54, 1.807) is 24.9 Å². The average molecular weight is 402 g/mol. The molecule has 0 radical (unpaired) electrons. The lowest BCUT2D eigenvalue weighted by molar-refractivity contribution is -0.137. The third-order valence-electron chi connectivity index (χ3n) is 5.26. The van der Waals surface area contributed by atoms with E-state index < -0.39 is 29.0 Å². The molecule has 150 valence electrons. The van der Waals surface area contributed by atoms with E-state index in [0.717, 1.165) is 18.2 Å². The van der Waals surface area contributed by atoms with Crippen molar-refractivity contribution in [2.75, 3.05) is 7.05 Å². The zero-order valence-corrected chi connectivity index (χ0v) is 15.8. The molecule has 2 N–H and O–H groups in total. The van der Waals surface area contributed by atoms with Crippen LogP contribution in [0.1, 0.15) is 35.1 Å². The molecule has 2 aromatic rings. The first-order valence-electron chi connectivity index (χ1n) is 8.64. The van der Waals surface area contributed by atoms with Crippen molar-refractivity contribution in [1.29, 1.82) is 5.26 Å². The summed E-state index contributed by atoms with van der Waals surface area (Å²) in [6.07, 6.45) is -4.45. The molecule has 2 atom stereocenters. The molecule has 0 saturated carbocycles. The van der Waals surface area contributed by atoms with Gasteiger partial charge in [-0.05, 0) is 42.3 Å². The molecule has 1 heterocycles. The predicted molar refractivity (Wildman–Crippen MR) is 101 cm³/mol. The largest absolute Gasteiger partial charge is 0.416 e. The molecule has 29 heavy (non-hydrogen) atoms. The van der Waals surface area contributed by atoms with E-state index >= 15 is 0 Å². The Morgan fingerprint density at radius 2 is 1.83 bits per heavy atom. The second kappa shape index (κ2) is 6.92. The van der Waals surface area contributed by atoms with E-state index in [4.69, 9.17) is 5.73 Å². The summed E-state index contributed by atoms with van der Waals surface area (Å²) in [5.74, 6) is -1.10. The summed E-state index contributed by atoms with van der Waals surface area (Å²) < 4.78 is 52.7. The Bertz CT molecular complexity index is 1030. The lowest BCUT2D eigenvalue weighted by atomic mass is 9.73. The van der Waals surface area contributed by atoms with Crippen molar-refractivity contribution in [3.8, 4) is 6.07 Å². The Labute approximate surface area is 165 Å². The topological polar surface area (TPSA) is 65.4 Å². The van der Waals surface area contributed by atoms with Gasteiger partial charge in [-0.25, -0.2) is 9.38 Å². The summed E-state index contributed by atoms with van der Waals surface area (Å²) in [6.45, 7) is 5.79. The Morgan fingerprint density at radius 3 is 2.38 bits per heavy atom. The molecular weight excluding hydrogens is 384 g/mol. The van der Waals surface area contributed by atoms with E-state index in [2.05, 4.69) is 11.6 Å². The first-order chi connectivity index (χ1) is 13.5. The molecule has 1 aliphatic rings. The van der Waals surface area contributed by atoms with Crippen LogP contribution in [0.25, 0.3) is 0 Å². The van der Waals surface area contributed by atoms with Gasteiger partial charge in [0.25, 0.3) is 0 Å². The SMILES string of the molecule is C=C1[C@@H](c2ccc(C(F)(F)F)cc2)[C@@](C)(c2ccc(F)c(C#N)c2)N=C(N)N1C. The summed E-state index contributed by atoms with van der Waals surface area (Å²) in [5.41, 5.74) is 5.55. The second-order valence-electron chi connectivity index (χ2n) is 7.03. The Hall–Kier alpha value is -3.34. The van der Waals surface area contributed by atoms with E-state index in [9.17, 15) is 22.8 Å². The molecule has 0 fully saturated rings. The highest BCUT2D eigenvalue weighted by molar-refractivity contribution is 5.82. The van der Waals surface area contributed by atoms with Gasteiger partial charge in [0, 0.05) is 12.7 Å². The van der Waals surface area contributed by atoms with Crippen molar-refractivity contribution in [3.63, 3.8) is 0 Å². The average Bonchev–Trinajstić information content (AvgIpc) is 2.66. The number of aliphatic imine (C=N–C) groups is 1. The Balaban J connectivity index is 2.19. The second-order valence-corrected chi connectivity index (χ2v) is 7.03. The molecule has 0 unspecified atom stereocenters. The highest BCUT2D eigenvalue weighted by Crippen LogP contribution is 2.48. The lowest BCUT2D eigenvalue weighted by Crippen LogP contribution is -2.47. The lowest BCUT2D eigenvalue weighted by Gasteiger charge is -2.44. The fourth-order valence-electron chi connectivity index (χ4n) is 3.58. The molecule has 0 aliphatic carbocycles. The first kappa shape index (κ1) is 20.4. The van der Waals surface area contributed by atoms with Crippen LogP contribution in [0.4, 0.5) is 17.6 Å². The molecule has 0 bridgehead atoms. The fraction of sp³-hybridized carbons (Fsp3) is 0.238. The zero-order chi connectivity index (χ0) is 21.6. The van der Waals surface area contributed by atoms with Crippen LogP contribution >= 0.6 is 0 Å². The molecule has 2 aromatic carbocycles. The minimum Gasteiger partial charge on any atom is -0.370 e. The third kappa shape index (κ3) is 3.44. The van der Waals surface area contributed by atoms with Gasteiger partial charge in [0.2, 0.25) is 0 Å². The maximum absolute atomic E-state index is 13.8. The van der Waals surface area contributed by atoms with Crippen LogP contribution in [0.5, 0.6) is 0 Å².